The van der Waals surface area contributed by atoms with Gasteiger partial charge in [-0.1, -0.05) is 30.3 Å². The number of sulfonamides is 1. The topological polar surface area (TPSA) is 72.9 Å². The average molecular weight is 416 g/mol. The molecule has 2 heterocycles. The number of Topliss-reactive ketones (excluding diaryl/α,β-unsaturated/α-hetero) is 1. The molecule has 7 heteroatoms. The quantitative estimate of drug-likeness (QED) is 0.748. The van der Waals surface area contributed by atoms with E-state index in [4.69, 9.17) is 9.47 Å². The lowest BCUT2D eigenvalue weighted by Gasteiger charge is -2.43. The number of rotatable bonds is 5. The van der Waals surface area contributed by atoms with E-state index in [1.165, 1.54) is 4.31 Å². The van der Waals surface area contributed by atoms with E-state index in [9.17, 15) is 13.2 Å². The Hall–Kier alpha value is -2.38. The van der Waals surface area contributed by atoms with Crippen LogP contribution in [0.4, 0.5) is 0 Å². The highest BCUT2D eigenvalue weighted by molar-refractivity contribution is 7.88. The van der Waals surface area contributed by atoms with Crippen LogP contribution < -0.4 is 9.47 Å². The zero-order chi connectivity index (χ0) is 20.5. The van der Waals surface area contributed by atoms with Gasteiger partial charge in [-0.25, -0.2) is 12.7 Å². The first-order valence-electron chi connectivity index (χ1n) is 9.92. The number of hydrogen-bond donors (Lipinski definition) is 0. The summed E-state index contributed by atoms with van der Waals surface area (Å²) >= 11 is 0. The smallest absolute Gasteiger partial charge is 0.218 e. The van der Waals surface area contributed by atoms with Gasteiger partial charge >= 0.3 is 0 Å². The summed E-state index contributed by atoms with van der Waals surface area (Å²) in [6.07, 6.45) is 1.26. The monoisotopic (exact) mass is 415 g/mol. The third-order valence-corrected chi connectivity index (χ3v) is 7.44. The van der Waals surface area contributed by atoms with Crippen LogP contribution in [0.15, 0.2) is 48.5 Å². The average Bonchev–Trinajstić information content (AvgIpc) is 2.69. The molecule has 0 aliphatic carbocycles. The van der Waals surface area contributed by atoms with Gasteiger partial charge in [0.25, 0.3) is 0 Å². The standard InChI is InChI=1S/C22H25NO5S/c1-2-27-18-8-9-19-20(24)15-22(28-21(19)14-18)10-12-23(13-11-22)29(25,26)16-17-6-4-3-5-7-17/h3-9,14H,2,10-13,15-16H2,1H3. The number of ether oxygens (including phenoxy) is 2. The van der Waals surface area contributed by atoms with Crippen molar-refractivity contribution in [2.24, 2.45) is 0 Å². The Morgan fingerprint density at radius 1 is 1.10 bits per heavy atom. The van der Waals surface area contributed by atoms with Crippen molar-refractivity contribution in [1.29, 1.82) is 0 Å². The predicted molar refractivity (Wildman–Crippen MR) is 110 cm³/mol. The lowest BCUT2D eigenvalue weighted by Crippen LogP contribution is -2.52. The number of piperidine rings is 1. The van der Waals surface area contributed by atoms with Crippen LogP contribution >= 0.6 is 0 Å². The Bertz CT molecular complexity index is 995. The zero-order valence-corrected chi connectivity index (χ0v) is 17.3. The molecule has 0 amide bonds. The van der Waals surface area contributed by atoms with Crippen molar-refractivity contribution in [3.63, 3.8) is 0 Å². The third-order valence-electron chi connectivity index (χ3n) is 5.59. The molecule has 0 radical (unpaired) electrons. The van der Waals surface area contributed by atoms with Gasteiger partial charge in [0.1, 0.15) is 17.1 Å². The van der Waals surface area contributed by atoms with Gasteiger partial charge < -0.3 is 9.47 Å². The fourth-order valence-electron chi connectivity index (χ4n) is 4.06. The van der Waals surface area contributed by atoms with E-state index in [0.717, 1.165) is 5.56 Å². The minimum absolute atomic E-state index is 0.0127. The Balaban J connectivity index is 1.47. The van der Waals surface area contributed by atoms with Crippen molar-refractivity contribution in [3.05, 3.63) is 59.7 Å². The lowest BCUT2D eigenvalue weighted by molar-refractivity contribution is 0.00574. The van der Waals surface area contributed by atoms with Gasteiger partial charge in [0.05, 0.1) is 24.3 Å². The predicted octanol–water partition coefficient (Wildman–Crippen LogP) is 3.42. The van der Waals surface area contributed by atoms with E-state index in [1.54, 1.807) is 18.2 Å². The van der Waals surface area contributed by atoms with Gasteiger partial charge in [-0.15, -0.1) is 0 Å². The molecule has 0 saturated carbocycles. The second-order valence-corrected chi connectivity index (χ2v) is 9.59. The Morgan fingerprint density at radius 3 is 2.52 bits per heavy atom. The van der Waals surface area contributed by atoms with Crippen LogP contribution in [0.25, 0.3) is 0 Å². The van der Waals surface area contributed by atoms with Crippen molar-refractivity contribution >= 4 is 15.8 Å². The van der Waals surface area contributed by atoms with Crippen molar-refractivity contribution in [2.75, 3.05) is 19.7 Å². The van der Waals surface area contributed by atoms with Crippen LogP contribution in [0.3, 0.4) is 0 Å². The number of benzene rings is 2. The highest BCUT2D eigenvalue weighted by atomic mass is 32.2. The van der Waals surface area contributed by atoms with Crippen LogP contribution in [0, 0.1) is 0 Å². The molecule has 1 fully saturated rings. The van der Waals surface area contributed by atoms with Gasteiger partial charge in [-0.2, -0.15) is 0 Å². The second kappa shape index (κ2) is 7.80. The zero-order valence-electron chi connectivity index (χ0n) is 16.5. The summed E-state index contributed by atoms with van der Waals surface area (Å²) in [5, 5.41) is 0. The summed E-state index contributed by atoms with van der Waals surface area (Å²) in [7, 11) is -3.41. The van der Waals surface area contributed by atoms with E-state index < -0.39 is 15.6 Å². The number of nitrogens with zero attached hydrogens (tertiary/aromatic N) is 1. The van der Waals surface area contributed by atoms with E-state index in [1.807, 2.05) is 37.3 Å². The number of carbonyl (C=O) groups excluding carboxylic acids is 1. The number of ketones is 1. The molecule has 2 aromatic rings. The molecule has 1 saturated heterocycles. The van der Waals surface area contributed by atoms with E-state index >= 15 is 0 Å². The van der Waals surface area contributed by atoms with Crippen LogP contribution in [0.1, 0.15) is 42.1 Å². The van der Waals surface area contributed by atoms with Crippen molar-refractivity contribution in [2.45, 2.75) is 37.5 Å². The molecule has 0 aromatic heterocycles. The third kappa shape index (κ3) is 4.16. The normalized spacial score (nSPS) is 18.9. The van der Waals surface area contributed by atoms with Crippen molar-refractivity contribution in [1.82, 2.24) is 4.31 Å². The van der Waals surface area contributed by atoms with Crippen LogP contribution in [-0.4, -0.2) is 43.8 Å². The number of fused-ring (bicyclic) bond motifs is 1. The molecule has 4 rings (SSSR count). The number of hydrogen-bond acceptors (Lipinski definition) is 5. The van der Waals surface area contributed by atoms with Crippen LogP contribution in [0.2, 0.25) is 0 Å². The SMILES string of the molecule is CCOc1ccc2c(c1)OC1(CCN(S(=O)(=O)Cc3ccccc3)CC1)CC2=O. The summed E-state index contributed by atoms with van der Waals surface area (Å²) in [6.45, 7) is 3.14. The summed E-state index contributed by atoms with van der Waals surface area (Å²) in [6, 6.07) is 14.5. The molecule has 0 atom stereocenters. The molecule has 0 N–H and O–H groups in total. The van der Waals surface area contributed by atoms with E-state index in [0.29, 0.717) is 49.6 Å². The first-order chi connectivity index (χ1) is 13.9. The molecule has 0 unspecified atom stereocenters. The van der Waals surface area contributed by atoms with Crippen molar-refractivity contribution < 1.29 is 22.7 Å². The Labute approximate surface area is 171 Å². The van der Waals surface area contributed by atoms with Crippen LogP contribution in [0.5, 0.6) is 11.5 Å². The summed E-state index contributed by atoms with van der Waals surface area (Å²) < 4.78 is 38.9. The minimum Gasteiger partial charge on any atom is -0.494 e. The maximum Gasteiger partial charge on any atom is 0.218 e. The van der Waals surface area contributed by atoms with Crippen molar-refractivity contribution in [3.8, 4) is 11.5 Å². The lowest BCUT2D eigenvalue weighted by atomic mass is 9.83. The fourth-order valence-corrected chi connectivity index (χ4v) is 5.59. The van der Waals surface area contributed by atoms with Gasteiger partial charge in [-0.3, -0.25) is 4.79 Å². The van der Waals surface area contributed by atoms with E-state index in [2.05, 4.69) is 0 Å². The molecular weight excluding hydrogens is 390 g/mol. The molecule has 154 valence electrons. The molecule has 6 nitrogen and oxygen atoms in total. The molecule has 2 aromatic carbocycles. The summed E-state index contributed by atoms with van der Waals surface area (Å²) in [5.41, 5.74) is 0.695. The minimum atomic E-state index is -3.41. The molecule has 1 spiro atoms. The van der Waals surface area contributed by atoms with Gasteiger partial charge in [0, 0.05) is 32.0 Å². The summed E-state index contributed by atoms with van der Waals surface area (Å²) in [4.78, 5) is 12.7. The number of carbonyl (C=O) groups is 1. The fraction of sp³-hybridized carbons (Fsp3) is 0.409. The maximum absolute atomic E-state index is 12.8. The molecular formula is C22H25NO5S. The highest BCUT2D eigenvalue weighted by Crippen LogP contribution is 2.41. The summed E-state index contributed by atoms with van der Waals surface area (Å²) in [5.74, 6) is 1.22. The second-order valence-electron chi connectivity index (χ2n) is 7.62. The van der Waals surface area contributed by atoms with Gasteiger partial charge in [0.15, 0.2) is 5.78 Å². The maximum atomic E-state index is 12.8. The van der Waals surface area contributed by atoms with Gasteiger partial charge in [-0.05, 0) is 24.6 Å². The molecule has 0 bridgehead atoms. The Kier molecular flexibility index (Phi) is 5.36. The highest BCUT2D eigenvalue weighted by Gasteiger charge is 2.44. The molecule has 29 heavy (non-hydrogen) atoms. The van der Waals surface area contributed by atoms with Crippen LogP contribution in [-0.2, 0) is 15.8 Å². The molecule has 2 aliphatic rings. The largest absolute Gasteiger partial charge is 0.494 e. The first kappa shape index (κ1) is 19.9. The first-order valence-corrected chi connectivity index (χ1v) is 11.5. The van der Waals surface area contributed by atoms with Gasteiger partial charge in [0.2, 0.25) is 10.0 Å². The Morgan fingerprint density at radius 2 is 1.83 bits per heavy atom. The van der Waals surface area contributed by atoms with E-state index in [-0.39, 0.29) is 18.0 Å². The molecule has 2 aliphatic heterocycles.